The smallest absolute Gasteiger partial charge is 0.409 e. The van der Waals surface area contributed by atoms with Crippen LogP contribution in [0.2, 0.25) is 5.02 Å². The fourth-order valence-corrected chi connectivity index (χ4v) is 8.53. The Morgan fingerprint density at radius 1 is 1.03 bits per heavy atom. The molecule has 2 aromatic carbocycles. The van der Waals surface area contributed by atoms with Crippen LogP contribution in [0, 0.1) is 5.92 Å². The first-order valence-electron chi connectivity index (χ1n) is 22.9. The number of carbonyl (C=O) groups is 7. The third-order valence-corrected chi connectivity index (χ3v) is 12.7. The fourth-order valence-electron chi connectivity index (χ4n) is 8.24. The molecule has 0 radical (unpaired) electrons. The van der Waals surface area contributed by atoms with Crippen LogP contribution in [0.4, 0.5) is 16.2 Å². The van der Waals surface area contributed by atoms with Crippen LogP contribution >= 0.6 is 11.6 Å². The van der Waals surface area contributed by atoms with E-state index in [9.17, 15) is 38.7 Å². The van der Waals surface area contributed by atoms with Gasteiger partial charge in [0, 0.05) is 39.2 Å². The highest BCUT2D eigenvalue weighted by molar-refractivity contribution is 6.35. The van der Waals surface area contributed by atoms with Gasteiger partial charge in [-0.2, -0.15) is 0 Å². The van der Waals surface area contributed by atoms with E-state index in [1.165, 1.54) is 32.9 Å². The number of hydrogen-bond donors (Lipinski definition) is 6. The number of ether oxygens (including phenoxy) is 5. The summed E-state index contributed by atoms with van der Waals surface area (Å²) in [4.78, 5) is 91.3. The molecule has 3 heterocycles. The average Bonchev–Trinajstić information content (AvgIpc) is 3.97. The molecule has 382 valence electrons. The number of methoxy groups -OCH3 is 1. The van der Waals surface area contributed by atoms with Crippen molar-refractivity contribution in [3.05, 3.63) is 76.3 Å². The minimum absolute atomic E-state index is 0.00575. The lowest BCUT2D eigenvalue weighted by Gasteiger charge is -2.42. The molecule has 0 spiro atoms. The highest BCUT2D eigenvalue weighted by Crippen LogP contribution is 2.49. The lowest BCUT2D eigenvalue weighted by Crippen LogP contribution is -2.63. The number of quaternary nitrogens is 1. The second-order valence-corrected chi connectivity index (χ2v) is 19.7. The van der Waals surface area contributed by atoms with E-state index in [0.29, 0.717) is 23.4 Å². The molecule has 3 aliphatic heterocycles. The molecule has 20 nitrogen and oxygen atoms in total. The van der Waals surface area contributed by atoms with Gasteiger partial charge in [-0.25, -0.2) is 9.59 Å². The quantitative estimate of drug-likeness (QED) is 0.0690. The van der Waals surface area contributed by atoms with Gasteiger partial charge in [0.05, 0.1) is 39.4 Å². The van der Waals surface area contributed by atoms with Gasteiger partial charge >= 0.3 is 12.1 Å². The Kier molecular flexibility index (Phi) is 17.9. The molecule has 0 aliphatic carbocycles. The summed E-state index contributed by atoms with van der Waals surface area (Å²) in [5, 5.41) is 24.5. The number of amides is 6. The van der Waals surface area contributed by atoms with Gasteiger partial charge in [-0.1, -0.05) is 54.5 Å². The van der Waals surface area contributed by atoms with Gasteiger partial charge < -0.3 is 59.4 Å². The van der Waals surface area contributed by atoms with E-state index in [2.05, 4.69) is 26.6 Å². The number of alkyl carbamates (subject to hydrolysis) is 1. The number of rotatable bonds is 14. The van der Waals surface area contributed by atoms with Crippen molar-refractivity contribution in [1.82, 2.24) is 21.3 Å². The Balaban J connectivity index is 1.38. The zero-order valence-corrected chi connectivity index (χ0v) is 42.4. The van der Waals surface area contributed by atoms with Gasteiger partial charge in [0.1, 0.15) is 59.8 Å². The lowest BCUT2D eigenvalue weighted by atomic mass is 9.83. The molecule has 2 saturated heterocycles. The minimum Gasteiger partial charge on any atom is -0.487 e. The first-order chi connectivity index (χ1) is 32.7. The number of aliphatic hydroxyl groups is 1. The maximum Gasteiger partial charge on any atom is 0.409 e. The minimum atomic E-state index is -1.85. The SMILES string of the molecule is CNC(=O)CC(=O)NC(C)C(=O)NC(C)C(=O)Nc1ccc(COc2cc3cc(c2Cl)N(C)C(=O)C[C@H](OC(=O)C[N+](C)(C)C)[C@]2(C)O[C@H]2[C@H](C)[C@@H]2C[C@@](O)(NC(=O)O2)[C@H](OC)/C=C/C=C(\C)C3)cc1. The maximum atomic E-state index is 14.4. The van der Waals surface area contributed by atoms with Gasteiger partial charge in [0.25, 0.3) is 0 Å². The first-order valence-corrected chi connectivity index (χ1v) is 23.3. The summed E-state index contributed by atoms with van der Waals surface area (Å²) in [5.41, 5.74) is 0.0236. The zero-order chi connectivity index (χ0) is 51.9. The molecule has 70 heavy (non-hydrogen) atoms. The molecule has 6 N–H and O–H groups in total. The Bertz CT molecular complexity index is 2370. The summed E-state index contributed by atoms with van der Waals surface area (Å²) in [6, 6.07) is 8.36. The number of fused-ring (bicyclic) bond motifs is 5. The second kappa shape index (κ2) is 22.8. The van der Waals surface area contributed by atoms with Crippen molar-refractivity contribution in [3.8, 4) is 5.75 Å². The average molecular weight is 998 g/mol. The number of likely N-dealkylation sites (N-methyl/N-ethyl adjacent to an activating group) is 1. The van der Waals surface area contributed by atoms with E-state index >= 15 is 0 Å². The number of benzene rings is 2. The third-order valence-electron chi connectivity index (χ3n) is 12.3. The number of nitrogens with one attached hydrogen (secondary N) is 5. The highest BCUT2D eigenvalue weighted by Gasteiger charge is 2.64. The van der Waals surface area contributed by atoms with Crippen LogP contribution in [0.1, 0.15) is 65.0 Å². The Hall–Kier alpha value is -6.06. The van der Waals surface area contributed by atoms with Crippen LogP contribution in [0.15, 0.2) is 60.2 Å². The largest absolute Gasteiger partial charge is 0.487 e. The topological polar surface area (TPSA) is 253 Å². The number of hydrogen-bond acceptors (Lipinski definition) is 13. The number of carbonyl (C=O) groups excluding carboxylic acids is 7. The zero-order valence-electron chi connectivity index (χ0n) is 41.6. The Labute approximate surface area is 413 Å². The van der Waals surface area contributed by atoms with Crippen LogP contribution in [0.3, 0.4) is 0 Å². The molecule has 2 unspecified atom stereocenters. The van der Waals surface area contributed by atoms with Gasteiger partial charge in [0.15, 0.2) is 12.3 Å². The normalized spacial score (nSPS) is 26.8. The molecule has 4 bridgehead atoms. The van der Waals surface area contributed by atoms with Gasteiger partial charge in [-0.15, -0.1) is 0 Å². The maximum absolute atomic E-state index is 14.4. The molecule has 2 aromatic rings. The van der Waals surface area contributed by atoms with Crippen molar-refractivity contribution in [2.45, 2.75) is 115 Å². The molecule has 6 amide bonds. The van der Waals surface area contributed by atoms with Crippen molar-refractivity contribution in [2.24, 2.45) is 5.92 Å². The molecule has 2 fully saturated rings. The van der Waals surface area contributed by atoms with Crippen LogP contribution in [0.25, 0.3) is 0 Å². The van der Waals surface area contributed by atoms with Crippen LogP contribution in [0.5, 0.6) is 5.75 Å². The van der Waals surface area contributed by atoms with Crippen molar-refractivity contribution in [2.75, 3.05) is 59.1 Å². The van der Waals surface area contributed by atoms with Crippen molar-refractivity contribution in [3.63, 3.8) is 0 Å². The predicted molar refractivity (Wildman–Crippen MR) is 258 cm³/mol. The van der Waals surface area contributed by atoms with Gasteiger partial charge in [0.2, 0.25) is 29.5 Å². The number of allylic oxidation sites excluding steroid dienone is 3. The standard InChI is InChI=1S/C49H66ClN7O13/c1-27-13-12-14-37(66-11)49(65)24-36(68-47(64)55-49)28(2)44-48(5,70-44)38(69-42(61)25-57(8,9)10)22-41(60)56(7)34-20-32(19-27)21-35(43(34)50)67-26-31-15-17-33(18-16-31)54-46(63)30(4)53-45(62)29(3)52-40(59)23-39(58)51-6/h12-18,20-21,28-30,36-38,44,65H,19,22-26H2,1-11H3,(H4-,51,52,53,54,55,58,59,62,63,64)/p+1/b14-12+,27-13+/t28-,29?,30?,36+,37-,38+,44+,48+,49+/m1/s1. The summed E-state index contributed by atoms with van der Waals surface area (Å²) >= 11 is 7.08. The van der Waals surface area contributed by atoms with Crippen LogP contribution < -0.4 is 36.2 Å². The molecular formula is C49H67ClN7O13+. The molecule has 0 saturated carbocycles. The van der Waals surface area contributed by atoms with E-state index in [1.54, 1.807) is 62.5 Å². The molecule has 9 atom stereocenters. The number of esters is 1. The number of nitrogens with zero attached hydrogens (tertiary/aromatic N) is 2. The van der Waals surface area contributed by atoms with E-state index in [4.69, 9.17) is 35.3 Å². The number of epoxide rings is 1. The highest BCUT2D eigenvalue weighted by atomic mass is 35.5. The monoisotopic (exact) mass is 996 g/mol. The van der Waals surface area contributed by atoms with Crippen LogP contribution in [-0.4, -0.2) is 148 Å². The fraction of sp³-hybridized carbons (Fsp3) is 0.531. The summed E-state index contributed by atoms with van der Waals surface area (Å²) in [5.74, 6) is -3.52. The molecular weight excluding hydrogens is 930 g/mol. The van der Waals surface area contributed by atoms with Crippen LogP contribution in [-0.2, 0) is 60.7 Å². The van der Waals surface area contributed by atoms with E-state index in [1.807, 2.05) is 41.1 Å². The Morgan fingerprint density at radius 3 is 2.34 bits per heavy atom. The van der Waals surface area contributed by atoms with E-state index in [0.717, 1.165) is 11.1 Å². The van der Waals surface area contributed by atoms with Gasteiger partial charge in [-0.05, 0) is 69.5 Å². The van der Waals surface area contributed by atoms with E-state index in [-0.39, 0.29) is 41.2 Å². The number of anilines is 2. The van der Waals surface area contributed by atoms with Crippen molar-refractivity contribution >= 4 is 64.6 Å². The molecule has 5 rings (SSSR count). The third kappa shape index (κ3) is 14.3. The summed E-state index contributed by atoms with van der Waals surface area (Å²) in [7, 11) is 9.89. The molecule has 3 aliphatic rings. The van der Waals surface area contributed by atoms with Gasteiger partial charge in [-0.3, -0.25) is 29.3 Å². The van der Waals surface area contributed by atoms with E-state index < -0.39 is 102 Å². The molecule has 21 heteroatoms. The second-order valence-electron chi connectivity index (χ2n) is 19.4. The molecule has 0 aromatic heterocycles. The summed E-state index contributed by atoms with van der Waals surface area (Å²) in [6.07, 6.45) is 0.374. The predicted octanol–water partition coefficient (Wildman–Crippen LogP) is 3.03. The van der Waals surface area contributed by atoms with Crippen molar-refractivity contribution < 1.29 is 66.8 Å². The summed E-state index contributed by atoms with van der Waals surface area (Å²) in [6.45, 7) is 8.41. The first kappa shape index (κ1) is 54.9. The Morgan fingerprint density at radius 2 is 1.70 bits per heavy atom. The number of halogens is 1. The lowest BCUT2D eigenvalue weighted by molar-refractivity contribution is -0.862. The summed E-state index contributed by atoms with van der Waals surface area (Å²) < 4.78 is 30.3. The van der Waals surface area contributed by atoms with Crippen molar-refractivity contribution in [1.29, 1.82) is 0 Å².